The summed E-state index contributed by atoms with van der Waals surface area (Å²) in [5, 5.41) is 43.3. The number of hydrogen-bond acceptors (Lipinski definition) is 10. The zero-order valence-electron chi connectivity index (χ0n) is 21.4. The summed E-state index contributed by atoms with van der Waals surface area (Å²) in [5.41, 5.74) is 0.467. The Labute approximate surface area is 222 Å². The number of benzene rings is 1. The van der Waals surface area contributed by atoms with Gasteiger partial charge in [-0.2, -0.15) is 0 Å². The van der Waals surface area contributed by atoms with Gasteiger partial charge in [0.05, 0.1) is 24.6 Å². The third kappa shape index (κ3) is 5.31. The first-order valence-electron chi connectivity index (χ1n) is 12.8. The van der Waals surface area contributed by atoms with Gasteiger partial charge >= 0.3 is 5.97 Å². The monoisotopic (exact) mass is 548 g/mol. The van der Waals surface area contributed by atoms with E-state index in [9.17, 15) is 28.9 Å². The minimum Gasteiger partial charge on any atom is -0.457 e. The smallest absolute Gasteiger partial charge is 0.303 e. The molecule has 5 rings (SSSR count). The predicted molar refractivity (Wildman–Crippen MR) is 129 cm³/mol. The number of aliphatic hydroxyl groups is 3. The number of halogens is 2. The normalized spacial score (nSPS) is 29.1. The van der Waals surface area contributed by atoms with Gasteiger partial charge in [-0.15, -0.1) is 5.10 Å². The molecule has 1 aromatic carbocycles. The van der Waals surface area contributed by atoms with Gasteiger partial charge < -0.3 is 29.3 Å². The lowest BCUT2D eigenvalue weighted by atomic mass is 9.90. The molecule has 13 heteroatoms. The van der Waals surface area contributed by atoms with Crippen LogP contribution >= 0.6 is 0 Å². The van der Waals surface area contributed by atoms with Crippen molar-refractivity contribution in [3.8, 4) is 11.3 Å². The second-order valence-electron chi connectivity index (χ2n) is 10.1. The summed E-state index contributed by atoms with van der Waals surface area (Å²) in [4.78, 5) is 12.1. The summed E-state index contributed by atoms with van der Waals surface area (Å²) < 4.78 is 47.0. The third-order valence-electron chi connectivity index (χ3n) is 7.46. The molecular formula is C26H30F2N4O7. The lowest BCUT2D eigenvalue weighted by Gasteiger charge is -2.43. The van der Waals surface area contributed by atoms with Gasteiger partial charge in [-0.3, -0.25) is 4.79 Å². The van der Waals surface area contributed by atoms with E-state index in [1.165, 1.54) is 36.9 Å². The van der Waals surface area contributed by atoms with Crippen molar-refractivity contribution in [1.29, 1.82) is 0 Å². The van der Waals surface area contributed by atoms with Crippen molar-refractivity contribution in [2.24, 2.45) is 0 Å². The highest BCUT2D eigenvalue weighted by atomic mass is 19.2. The highest BCUT2D eigenvalue weighted by molar-refractivity contribution is 5.66. The molecule has 7 atom stereocenters. The first kappa shape index (κ1) is 27.3. The molecule has 0 radical (unpaired) electrons. The Hall–Kier alpha value is -3.26. The number of aromatic nitrogens is 4. The largest absolute Gasteiger partial charge is 0.457 e. The van der Waals surface area contributed by atoms with Crippen molar-refractivity contribution < 1.29 is 42.9 Å². The molecule has 3 heterocycles. The molecular weight excluding hydrogens is 518 g/mol. The molecule has 0 spiro atoms. The summed E-state index contributed by atoms with van der Waals surface area (Å²) in [7, 11) is 0. The summed E-state index contributed by atoms with van der Waals surface area (Å²) in [6.07, 6.45) is -1.30. The fourth-order valence-electron chi connectivity index (χ4n) is 5.44. The van der Waals surface area contributed by atoms with Crippen molar-refractivity contribution in [1.82, 2.24) is 20.2 Å². The number of aliphatic hydroxyl groups excluding tert-OH is 3. The zero-order valence-corrected chi connectivity index (χ0v) is 21.4. The molecule has 11 nitrogen and oxygen atoms in total. The Morgan fingerprint density at radius 3 is 2.69 bits per heavy atom. The van der Waals surface area contributed by atoms with Crippen molar-refractivity contribution >= 4 is 5.97 Å². The molecule has 1 aliphatic heterocycles. The molecule has 1 aliphatic carbocycles. The van der Waals surface area contributed by atoms with Crippen LogP contribution in [-0.4, -0.2) is 78.6 Å². The van der Waals surface area contributed by atoms with Gasteiger partial charge in [-0.25, -0.2) is 13.5 Å². The lowest BCUT2D eigenvalue weighted by molar-refractivity contribution is -0.217. The van der Waals surface area contributed by atoms with Crippen LogP contribution in [0.4, 0.5) is 8.78 Å². The minimum atomic E-state index is -1.40. The van der Waals surface area contributed by atoms with Gasteiger partial charge in [0.2, 0.25) is 0 Å². The second kappa shape index (κ2) is 11.1. The standard InChI is InChI=1S/C26H30F2N4O7/c1-12-6-7-15(23(28)22(12)27)17-10-32(31-29-17)24-25(36)21(11-33)38-20(26(24)37-13(2)34)9-14-8-19(39-30-14)16-4-3-5-18(16)35/h6-8,10,16,18,20-21,24-26,33,35-36H,3-5,9,11H2,1-2H3/t16-,18+,20?,21?,24?,25?,26?/m0/s1. The quantitative estimate of drug-likeness (QED) is 0.374. The molecule has 2 aromatic heterocycles. The van der Waals surface area contributed by atoms with Crippen LogP contribution in [0.25, 0.3) is 11.3 Å². The number of carbonyl (C=O) groups is 1. The van der Waals surface area contributed by atoms with Gasteiger partial charge in [0.1, 0.15) is 35.8 Å². The van der Waals surface area contributed by atoms with Crippen LogP contribution in [0, 0.1) is 18.6 Å². The molecule has 2 aliphatic rings. The Morgan fingerprint density at radius 1 is 1.21 bits per heavy atom. The fourth-order valence-corrected chi connectivity index (χ4v) is 5.44. The van der Waals surface area contributed by atoms with E-state index in [1.807, 2.05) is 0 Å². The van der Waals surface area contributed by atoms with E-state index in [2.05, 4.69) is 15.5 Å². The SMILES string of the molecule is CC(=O)OC1C(Cc2cc([C@H]3CCC[C@H]3O)on2)OC(CO)C(O)C1n1cc(-c2ccc(C)c(F)c2F)nn1. The van der Waals surface area contributed by atoms with Crippen molar-refractivity contribution in [3.63, 3.8) is 0 Å². The van der Waals surface area contributed by atoms with E-state index in [-0.39, 0.29) is 29.2 Å². The average Bonchev–Trinajstić information content (AvgIpc) is 3.65. The van der Waals surface area contributed by atoms with Crippen molar-refractivity contribution in [3.05, 3.63) is 53.0 Å². The van der Waals surface area contributed by atoms with E-state index >= 15 is 0 Å². The van der Waals surface area contributed by atoms with Gasteiger partial charge in [0.25, 0.3) is 0 Å². The molecule has 3 aromatic rings. The first-order chi connectivity index (χ1) is 18.7. The summed E-state index contributed by atoms with van der Waals surface area (Å²) in [6, 6.07) is 3.40. The summed E-state index contributed by atoms with van der Waals surface area (Å²) in [5.74, 6) is -2.38. The average molecular weight is 549 g/mol. The van der Waals surface area contributed by atoms with Gasteiger partial charge in [0.15, 0.2) is 17.7 Å². The predicted octanol–water partition coefficient (Wildman–Crippen LogP) is 1.98. The summed E-state index contributed by atoms with van der Waals surface area (Å²) in [6.45, 7) is 2.08. The van der Waals surface area contributed by atoms with Gasteiger partial charge in [-0.05, 0) is 31.4 Å². The first-order valence-corrected chi connectivity index (χ1v) is 12.8. The van der Waals surface area contributed by atoms with Crippen LogP contribution < -0.4 is 0 Å². The number of carbonyl (C=O) groups excluding carboxylic acids is 1. The highest BCUT2D eigenvalue weighted by Gasteiger charge is 2.49. The molecule has 5 unspecified atom stereocenters. The number of esters is 1. The van der Waals surface area contributed by atoms with E-state index in [4.69, 9.17) is 14.0 Å². The molecule has 0 amide bonds. The van der Waals surface area contributed by atoms with E-state index < -0.39 is 60.8 Å². The number of ether oxygens (including phenoxy) is 2. The van der Waals surface area contributed by atoms with Crippen LogP contribution in [0.3, 0.4) is 0 Å². The Morgan fingerprint density at radius 2 is 2.00 bits per heavy atom. The maximum Gasteiger partial charge on any atom is 0.303 e. The molecule has 0 bridgehead atoms. The molecule has 1 saturated carbocycles. The van der Waals surface area contributed by atoms with Crippen molar-refractivity contribution in [2.75, 3.05) is 6.61 Å². The highest BCUT2D eigenvalue weighted by Crippen LogP contribution is 2.37. The summed E-state index contributed by atoms with van der Waals surface area (Å²) >= 11 is 0. The fraction of sp³-hybridized carbons (Fsp3) is 0.538. The van der Waals surface area contributed by atoms with Crippen molar-refractivity contribution in [2.45, 2.75) is 82.0 Å². The number of nitrogens with zero attached hydrogens (tertiary/aromatic N) is 4. The van der Waals surface area contributed by atoms with E-state index in [1.54, 1.807) is 6.07 Å². The topological polar surface area (TPSA) is 153 Å². The third-order valence-corrected chi connectivity index (χ3v) is 7.46. The van der Waals surface area contributed by atoms with Crippen LogP contribution in [0.5, 0.6) is 0 Å². The van der Waals surface area contributed by atoms with Crippen LogP contribution in [0.1, 0.15) is 55.2 Å². The van der Waals surface area contributed by atoms with Crippen LogP contribution in [-0.2, 0) is 20.7 Å². The maximum atomic E-state index is 14.6. The molecule has 2 fully saturated rings. The lowest BCUT2D eigenvalue weighted by Crippen LogP contribution is -2.57. The second-order valence-corrected chi connectivity index (χ2v) is 10.1. The zero-order chi connectivity index (χ0) is 27.8. The van der Waals surface area contributed by atoms with Crippen LogP contribution in [0.15, 0.2) is 28.9 Å². The number of rotatable bonds is 7. The number of hydrogen-bond donors (Lipinski definition) is 3. The van der Waals surface area contributed by atoms with Gasteiger partial charge in [0, 0.05) is 30.9 Å². The molecule has 210 valence electrons. The minimum absolute atomic E-state index is 0.0000274. The van der Waals surface area contributed by atoms with E-state index in [0.717, 1.165) is 12.8 Å². The maximum absolute atomic E-state index is 14.6. The Bertz CT molecular complexity index is 1330. The van der Waals surface area contributed by atoms with Gasteiger partial charge in [-0.1, -0.05) is 22.9 Å². The molecule has 3 N–H and O–H groups in total. The van der Waals surface area contributed by atoms with Crippen LogP contribution in [0.2, 0.25) is 0 Å². The molecule has 39 heavy (non-hydrogen) atoms. The molecule has 1 saturated heterocycles. The van der Waals surface area contributed by atoms with E-state index in [0.29, 0.717) is 17.9 Å². The Kier molecular flexibility index (Phi) is 7.76. The Balaban J connectivity index is 1.46. The number of aryl methyl sites for hydroxylation is 1.